The number of carbonyl (C=O) groups excluding carboxylic acids is 2. The number of carbonyl (C=O) groups is 2. The molecule has 2 unspecified atom stereocenters. The van der Waals surface area contributed by atoms with Crippen molar-refractivity contribution in [3.63, 3.8) is 0 Å². The van der Waals surface area contributed by atoms with Gasteiger partial charge in [-0.05, 0) is 73.9 Å². The Morgan fingerprint density at radius 1 is 0.826 bits per heavy atom. The number of halogens is 3. The van der Waals surface area contributed by atoms with E-state index in [2.05, 4.69) is 5.32 Å². The van der Waals surface area contributed by atoms with Gasteiger partial charge < -0.3 is 10.2 Å². The number of hydrogen-bond donors (Lipinski definition) is 1. The van der Waals surface area contributed by atoms with Crippen molar-refractivity contribution >= 4 is 62.3 Å². The summed E-state index contributed by atoms with van der Waals surface area (Å²) in [6, 6.07) is 25.9. The van der Waals surface area contributed by atoms with Crippen LogP contribution in [0, 0.1) is 6.92 Å². The molecule has 0 aliphatic carbocycles. The Morgan fingerprint density at radius 3 is 2.09 bits per heavy atom. The van der Waals surface area contributed by atoms with Crippen LogP contribution >= 0.6 is 34.8 Å². The van der Waals surface area contributed by atoms with E-state index in [1.165, 1.54) is 35.2 Å². The summed E-state index contributed by atoms with van der Waals surface area (Å²) in [4.78, 5) is 29.9. The zero-order valence-corrected chi connectivity index (χ0v) is 28.9. The lowest BCUT2D eigenvalue weighted by molar-refractivity contribution is -0.140. The molecule has 4 rings (SSSR count). The topological polar surface area (TPSA) is 86.8 Å². The maximum Gasteiger partial charge on any atom is 0.264 e. The predicted molar refractivity (Wildman–Crippen MR) is 186 cm³/mol. The summed E-state index contributed by atoms with van der Waals surface area (Å²) in [6.07, 6.45) is 0.898. The van der Waals surface area contributed by atoms with Gasteiger partial charge in [0.1, 0.15) is 12.6 Å². The normalized spacial score (nSPS) is 12.7. The first-order valence-electron chi connectivity index (χ1n) is 14.8. The number of anilines is 1. The second-order valence-electron chi connectivity index (χ2n) is 11.1. The molecule has 0 saturated carbocycles. The van der Waals surface area contributed by atoms with Crippen LogP contribution in [0.2, 0.25) is 15.1 Å². The predicted octanol–water partition coefficient (Wildman–Crippen LogP) is 7.71. The van der Waals surface area contributed by atoms with Crippen molar-refractivity contribution in [1.29, 1.82) is 0 Å². The molecule has 11 heteroatoms. The fraction of sp³-hybridized carbons (Fsp3) is 0.257. The van der Waals surface area contributed by atoms with Crippen LogP contribution in [0.5, 0.6) is 0 Å². The first-order chi connectivity index (χ1) is 21.9. The van der Waals surface area contributed by atoms with Crippen molar-refractivity contribution in [2.45, 2.75) is 57.1 Å². The van der Waals surface area contributed by atoms with Crippen molar-refractivity contribution in [3.8, 4) is 0 Å². The van der Waals surface area contributed by atoms with Gasteiger partial charge in [-0.1, -0.05) is 102 Å². The molecule has 2 atom stereocenters. The lowest BCUT2D eigenvalue weighted by Crippen LogP contribution is -2.54. The standard InChI is InChI=1S/C35H36Cl3N3O4S/c1-4-25(3)39-35(43)33(20-26-8-6-5-7-9-26)40(22-27-12-14-28(36)15-13-27)34(42)23-41(29-16-19-31(37)32(38)21-29)46(44,45)30-17-10-24(2)11-18-30/h5-19,21,25,33H,4,20,22-23H2,1-3H3,(H,39,43). The molecule has 4 aromatic carbocycles. The highest BCUT2D eigenvalue weighted by Crippen LogP contribution is 2.31. The Morgan fingerprint density at radius 2 is 1.48 bits per heavy atom. The van der Waals surface area contributed by atoms with Crippen LogP contribution in [0.1, 0.15) is 37.0 Å². The minimum Gasteiger partial charge on any atom is -0.352 e. The van der Waals surface area contributed by atoms with Crippen LogP contribution in [0.3, 0.4) is 0 Å². The van der Waals surface area contributed by atoms with Crippen LogP contribution in [-0.2, 0) is 32.6 Å². The molecule has 0 spiro atoms. The molecule has 0 aliphatic heterocycles. The molecule has 0 aliphatic rings. The van der Waals surface area contributed by atoms with E-state index in [4.69, 9.17) is 34.8 Å². The maximum atomic E-state index is 14.5. The summed E-state index contributed by atoms with van der Waals surface area (Å²) in [5, 5.41) is 3.91. The third-order valence-electron chi connectivity index (χ3n) is 7.62. The van der Waals surface area contributed by atoms with E-state index < -0.39 is 28.5 Å². The van der Waals surface area contributed by atoms with Gasteiger partial charge >= 0.3 is 0 Å². The quantitative estimate of drug-likeness (QED) is 0.155. The molecule has 0 aromatic heterocycles. The third kappa shape index (κ3) is 9.04. The monoisotopic (exact) mass is 699 g/mol. The van der Waals surface area contributed by atoms with Gasteiger partial charge in [-0.25, -0.2) is 8.42 Å². The molecule has 4 aromatic rings. The van der Waals surface area contributed by atoms with Crippen molar-refractivity contribution in [3.05, 3.63) is 129 Å². The van der Waals surface area contributed by atoms with E-state index in [-0.39, 0.29) is 45.5 Å². The van der Waals surface area contributed by atoms with Crippen LogP contribution in [0.25, 0.3) is 0 Å². The molecule has 1 N–H and O–H groups in total. The van der Waals surface area contributed by atoms with E-state index in [0.717, 1.165) is 21.0 Å². The highest BCUT2D eigenvalue weighted by atomic mass is 35.5. The molecule has 0 radical (unpaired) electrons. The number of hydrogen-bond acceptors (Lipinski definition) is 4. The first-order valence-corrected chi connectivity index (χ1v) is 17.4. The second-order valence-corrected chi connectivity index (χ2v) is 14.2. The summed E-state index contributed by atoms with van der Waals surface area (Å²) >= 11 is 18.6. The smallest absolute Gasteiger partial charge is 0.264 e. The number of nitrogens with one attached hydrogen (secondary N) is 1. The van der Waals surface area contributed by atoms with Gasteiger partial charge in [0.15, 0.2) is 0 Å². The lowest BCUT2D eigenvalue weighted by atomic mass is 10.0. The number of rotatable bonds is 13. The number of nitrogens with zero attached hydrogens (tertiary/aromatic N) is 2. The number of benzene rings is 4. The average Bonchev–Trinajstić information content (AvgIpc) is 3.04. The largest absolute Gasteiger partial charge is 0.352 e. The van der Waals surface area contributed by atoms with Crippen LogP contribution in [0.15, 0.2) is 102 Å². The number of aryl methyl sites for hydroxylation is 1. The molecular formula is C35H36Cl3N3O4S. The van der Waals surface area contributed by atoms with Gasteiger partial charge in [-0.15, -0.1) is 0 Å². The molecule has 0 saturated heterocycles. The zero-order chi connectivity index (χ0) is 33.4. The SMILES string of the molecule is CCC(C)NC(=O)C(Cc1ccccc1)N(Cc1ccc(Cl)cc1)C(=O)CN(c1ccc(Cl)c(Cl)c1)S(=O)(=O)c1ccc(C)cc1. The van der Waals surface area contributed by atoms with Crippen molar-refractivity contribution in [2.24, 2.45) is 0 Å². The Hall–Kier alpha value is -3.56. The highest BCUT2D eigenvalue weighted by molar-refractivity contribution is 7.92. The summed E-state index contributed by atoms with van der Waals surface area (Å²) in [5.41, 5.74) is 2.59. The maximum absolute atomic E-state index is 14.5. The Bertz CT molecular complexity index is 1750. The van der Waals surface area contributed by atoms with Crippen LogP contribution in [0.4, 0.5) is 5.69 Å². The molecule has 0 heterocycles. The van der Waals surface area contributed by atoms with Crippen molar-refractivity contribution in [1.82, 2.24) is 10.2 Å². The minimum atomic E-state index is -4.27. The summed E-state index contributed by atoms with van der Waals surface area (Å²) in [6.45, 7) is 5.12. The fourth-order valence-corrected chi connectivity index (χ4v) is 6.61. The Balaban J connectivity index is 1.82. The van der Waals surface area contributed by atoms with Gasteiger partial charge in [0, 0.05) is 24.0 Å². The number of sulfonamides is 1. The first kappa shape index (κ1) is 35.3. The summed E-state index contributed by atoms with van der Waals surface area (Å²) in [7, 11) is -4.27. The molecule has 7 nitrogen and oxygen atoms in total. The Labute approximate surface area is 286 Å². The molecule has 242 valence electrons. The van der Waals surface area contributed by atoms with E-state index in [9.17, 15) is 18.0 Å². The average molecular weight is 701 g/mol. The van der Waals surface area contributed by atoms with Crippen molar-refractivity contribution in [2.75, 3.05) is 10.8 Å². The van der Waals surface area contributed by atoms with Gasteiger partial charge in [0.05, 0.1) is 20.6 Å². The Kier molecular flexibility index (Phi) is 12.1. The van der Waals surface area contributed by atoms with E-state index in [1.54, 1.807) is 36.4 Å². The van der Waals surface area contributed by atoms with Gasteiger partial charge in [-0.2, -0.15) is 0 Å². The second kappa shape index (κ2) is 15.8. The van der Waals surface area contributed by atoms with Crippen LogP contribution in [-0.4, -0.2) is 43.8 Å². The van der Waals surface area contributed by atoms with E-state index >= 15 is 0 Å². The molecule has 0 bridgehead atoms. The number of amides is 2. The van der Waals surface area contributed by atoms with E-state index in [0.29, 0.717) is 11.4 Å². The van der Waals surface area contributed by atoms with Crippen molar-refractivity contribution < 1.29 is 18.0 Å². The van der Waals surface area contributed by atoms with Gasteiger partial charge in [0.25, 0.3) is 10.0 Å². The molecular weight excluding hydrogens is 665 g/mol. The molecule has 46 heavy (non-hydrogen) atoms. The minimum absolute atomic E-state index is 0.00317. The van der Waals surface area contributed by atoms with E-state index in [1.807, 2.05) is 51.1 Å². The zero-order valence-electron chi connectivity index (χ0n) is 25.8. The summed E-state index contributed by atoms with van der Waals surface area (Å²) in [5.74, 6) is -0.931. The van der Waals surface area contributed by atoms with Crippen LogP contribution < -0.4 is 9.62 Å². The lowest BCUT2D eigenvalue weighted by Gasteiger charge is -2.34. The summed E-state index contributed by atoms with van der Waals surface area (Å²) < 4.78 is 29.3. The fourth-order valence-electron chi connectivity index (χ4n) is 4.79. The molecule has 0 fully saturated rings. The highest BCUT2D eigenvalue weighted by Gasteiger charge is 2.35. The van der Waals surface area contributed by atoms with Gasteiger partial charge in [-0.3, -0.25) is 13.9 Å². The third-order valence-corrected chi connectivity index (χ3v) is 10.4. The van der Waals surface area contributed by atoms with Gasteiger partial charge in [0.2, 0.25) is 11.8 Å². The molecule has 2 amide bonds.